The van der Waals surface area contributed by atoms with Gasteiger partial charge in [-0.1, -0.05) is 12.1 Å². The van der Waals surface area contributed by atoms with E-state index in [0.717, 1.165) is 35.3 Å². The van der Waals surface area contributed by atoms with Crippen LogP contribution in [-0.2, 0) is 22.4 Å². The molecule has 28 heavy (non-hydrogen) atoms. The lowest BCUT2D eigenvalue weighted by atomic mass is 9.75. The minimum atomic E-state index is -0.515. The van der Waals surface area contributed by atoms with Crippen molar-refractivity contribution in [3.63, 3.8) is 0 Å². The van der Waals surface area contributed by atoms with Gasteiger partial charge in [-0.3, -0.25) is 14.9 Å². The Morgan fingerprint density at radius 1 is 1.07 bits per heavy atom. The molecule has 146 valence electrons. The molecule has 2 aromatic rings. The van der Waals surface area contributed by atoms with Crippen molar-refractivity contribution < 1.29 is 23.5 Å². The summed E-state index contributed by atoms with van der Waals surface area (Å²) in [5, 5.41) is 2.45. The third-order valence-electron chi connectivity index (χ3n) is 5.56. The predicted octanol–water partition coefficient (Wildman–Crippen LogP) is 3.15. The SMILES string of the molecule is COc1ccc(OCCCc2ccc(F)cc2)c2c1CCC1C(=O)NC(=O)C21. The van der Waals surface area contributed by atoms with Crippen LogP contribution in [0, 0.1) is 11.7 Å². The number of amides is 2. The number of benzene rings is 2. The number of methoxy groups -OCH3 is 1. The van der Waals surface area contributed by atoms with E-state index in [4.69, 9.17) is 9.47 Å². The fourth-order valence-corrected chi connectivity index (χ4v) is 4.20. The van der Waals surface area contributed by atoms with Crippen LogP contribution < -0.4 is 14.8 Å². The largest absolute Gasteiger partial charge is 0.496 e. The molecule has 1 aliphatic heterocycles. The second kappa shape index (κ2) is 7.62. The summed E-state index contributed by atoms with van der Waals surface area (Å²) < 4.78 is 24.5. The first kappa shape index (κ1) is 18.5. The molecule has 2 atom stereocenters. The Kier molecular flexibility index (Phi) is 5.03. The molecule has 1 heterocycles. The van der Waals surface area contributed by atoms with Crippen molar-refractivity contribution in [2.24, 2.45) is 5.92 Å². The molecule has 2 amide bonds. The van der Waals surface area contributed by atoms with Crippen molar-refractivity contribution in [1.82, 2.24) is 5.32 Å². The first-order valence-corrected chi connectivity index (χ1v) is 9.50. The highest BCUT2D eigenvalue weighted by Crippen LogP contribution is 2.47. The van der Waals surface area contributed by atoms with Crippen LogP contribution in [0.25, 0.3) is 0 Å². The molecular formula is C22H22FNO4. The van der Waals surface area contributed by atoms with E-state index in [0.29, 0.717) is 25.2 Å². The molecule has 1 saturated heterocycles. The normalized spacial score (nSPS) is 20.4. The second-order valence-electron chi connectivity index (χ2n) is 7.21. The van der Waals surface area contributed by atoms with Gasteiger partial charge in [-0.15, -0.1) is 0 Å². The quantitative estimate of drug-likeness (QED) is 0.615. The van der Waals surface area contributed by atoms with Gasteiger partial charge >= 0.3 is 0 Å². The lowest BCUT2D eigenvalue weighted by Gasteiger charge is -2.28. The van der Waals surface area contributed by atoms with Crippen LogP contribution in [0.15, 0.2) is 36.4 Å². The number of nitrogens with one attached hydrogen (secondary N) is 1. The monoisotopic (exact) mass is 383 g/mol. The van der Waals surface area contributed by atoms with E-state index in [-0.39, 0.29) is 23.5 Å². The van der Waals surface area contributed by atoms with Crippen molar-refractivity contribution in [3.8, 4) is 11.5 Å². The first-order valence-electron chi connectivity index (χ1n) is 9.50. The summed E-state index contributed by atoms with van der Waals surface area (Å²) in [6.07, 6.45) is 2.82. The molecule has 0 spiro atoms. The molecule has 0 radical (unpaired) electrons. The van der Waals surface area contributed by atoms with E-state index in [1.54, 1.807) is 19.2 Å². The summed E-state index contributed by atoms with van der Waals surface area (Å²) in [5.41, 5.74) is 2.77. The van der Waals surface area contributed by atoms with Gasteiger partial charge in [0.1, 0.15) is 17.3 Å². The zero-order valence-electron chi connectivity index (χ0n) is 15.7. The summed E-state index contributed by atoms with van der Waals surface area (Å²) in [7, 11) is 1.60. The molecule has 1 fully saturated rings. The van der Waals surface area contributed by atoms with Gasteiger partial charge in [0.15, 0.2) is 0 Å². The van der Waals surface area contributed by atoms with Gasteiger partial charge in [-0.2, -0.15) is 0 Å². The Morgan fingerprint density at radius 3 is 2.57 bits per heavy atom. The van der Waals surface area contributed by atoms with Gasteiger partial charge in [0, 0.05) is 11.1 Å². The van der Waals surface area contributed by atoms with Gasteiger partial charge in [0.25, 0.3) is 0 Å². The van der Waals surface area contributed by atoms with Crippen molar-refractivity contribution >= 4 is 11.8 Å². The maximum Gasteiger partial charge on any atom is 0.235 e. The van der Waals surface area contributed by atoms with Crippen LogP contribution in [0.2, 0.25) is 0 Å². The van der Waals surface area contributed by atoms with E-state index >= 15 is 0 Å². The van der Waals surface area contributed by atoms with Gasteiger partial charge < -0.3 is 9.47 Å². The maximum absolute atomic E-state index is 13.0. The Hall–Kier alpha value is -2.89. The second-order valence-corrected chi connectivity index (χ2v) is 7.21. The highest BCUT2D eigenvalue weighted by Gasteiger charge is 2.47. The molecular weight excluding hydrogens is 361 g/mol. The fourth-order valence-electron chi connectivity index (χ4n) is 4.20. The van der Waals surface area contributed by atoms with E-state index in [1.165, 1.54) is 12.1 Å². The van der Waals surface area contributed by atoms with Crippen molar-refractivity contribution in [1.29, 1.82) is 0 Å². The van der Waals surface area contributed by atoms with Crippen LogP contribution in [0.5, 0.6) is 11.5 Å². The zero-order valence-corrected chi connectivity index (χ0v) is 15.7. The smallest absolute Gasteiger partial charge is 0.235 e. The average Bonchev–Trinajstić information content (AvgIpc) is 3.00. The summed E-state index contributed by atoms with van der Waals surface area (Å²) >= 11 is 0. The average molecular weight is 383 g/mol. The number of halogens is 1. The summed E-state index contributed by atoms with van der Waals surface area (Å²) in [6, 6.07) is 10.1. The highest BCUT2D eigenvalue weighted by atomic mass is 19.1. The van der Waals surface area contributed by atoms with E-state index in [2.05, 4.69) is 5.32 Å². The Bertz CT molecular complexity index is 909. The number of hydrogen-bond donors (Lipinski definition) is 1. The van der Waals surface area contributed by atoms with Crippen molar-refractivity contribution in [2.45, 2.75) is 31.6 Å². The summed E-state index contributed by atoms with van der Waals surface area (Å²) in [4.78, 5) is 24.5. The number of hydrogen-bond acceptors (Lipinski definition) is 4. The van der Waals surface area contributed by atoms with E-state index in [9.17, 15) is 14.0 Å². The topological polar surface area (TPSA) is 64.6 Å². The maximum atomic E-state index is 13.0. The van der Waals surface area contributed by atoms with Crippen molar-refractivity contribution in [2.75, 3.05) is 13.7 Å². The lowest BCUT2D eigenvalue weighted by molar-refractivity contribution is -0.125. The molecule has 0 saturated carbocycles. The van der Waals surface area contributed by atoms with Gasteiger partial charge in [0.05, 0.1) is 25.6 Å². The van der Waals surface area contributed by atoms with Crippen LogP contribution in [0.3, 0.4) is 0 Å². The van der Waals surface area contributed by atoms with Crippen LogP contribution in [-0.4, -0.2) is 25.5 Å². The molecule has 1 aliphatic carbocycles. The molecule has 4 rings (SSSR count). The third kappa shape index (κ3) is 3.35. The highest BCUT2D eigenvalue weighted by molar-refractivity contribution is 6.08. The predicted molar refractivity (Wildman–Crippen MR) is 101 cm³/mol. The number of fused-ring (bicyclic) bond motifs is 3. The van der Waals surface area contributed by atoms with Crippen molar-refractivity contribution in [3.05, 3.63) is 58.9 Å². The first-order chi connectivity index (χ1) is 13.6. The number of ether oxygens (including phenoxy) is 2. The zero-order chi connectivity index (χ0) is 19.7. The summed E-state index contributed by atoms with van der Waals surface area (Å²) in [5.74, 6) is -0.212. The molecule has 0 aromatic heterocycles. The number of carbonyl (C=O) groups excluding carboxylic acids is 2. The molecule has 2 aromatic carbocycles. The molecule has 2 unspecified atom stereocenters. The van der Waals surface area contributed by atoms with Gasteiger partial charge in [-0.25, -0.2) is 4.39 Å². The fraction of sp³-hybridized carbons (Fsp3) is 0.364. The molecule has 0 bridgehead atoms. The number of rotatable bonds is 6. The molecule has 5 nitrogen and oxygen atoms in total. The van der Waals surface area contributed by atoms with E-state index in [1.807, 2.05) is 12.1 Å². The number of aryl methyl sites for hydroxylation is 1. The van der Waals surface area contributed by atoms with E-state index < -0.39 is 5.92 Å². The van der Waals surface area contributed by atoms with Crippen LogP contribution in [0.4, 0.5) is 4.39 Å². The Balaban J connectivity index is 1.52. The van der Waals surface area contributed by atoms with Crippen LogP contribution in [0.1, 0.15) is 35.4 Å². The Morgan fingerprint density at radius 2 is 1.82 bits per heavy atom. The van der Waals surface area contributed by atoms with Gasteiger partial charge in [-0.05, 0) is 55.5 Å². The molecule has 2 aliphatic rings. The van der Waals surface area contributed by atoms with Gasteiger partial charge in [0.2, 0.25) is 11.8 Å². The molecule has 6 heteroatoms. The third-order valence-corrected chi connectivity index (χ3v) is 5.56. The number of carbonyl (C=O) groups is 2. The minimum Gasteiger partial charge on any atom is -0.496 e. The lowest BCUT2D eigenvalue weighted by Crippen LogP contribution is -2.24. The number of imide groups is 1. The Labute approximate surface area is 162 Å². The van der Waals surface area contributed by atoms with Crippen LogP contribution >= 0.6 is 0 Å². The summed E-state index contributed by atoms with van der Waals surface area (Å²) in [6.45, 7) is 0.461. The standard InChI is InChI=1S/C22H22FNO4/c1-27-17-10-11-18(28-12-2-3-13-4-6-14(23)7-5-13)19-15(17)8-9-16-20(19)22(26)24-21(16)25/h4-7,10-11,16,20H,2-3,8-9,12H2,1H3,(H,24,25,26). The molecule has 1 N–H and O–H groups in total. The minimum absolute atomic E-state index is 0.203.